The second-order valence-corrected chi connectivity index (χ2v) is 3.87. The highest BCUT2D eigenvalue weighted by Crippen LogP contribution is 2.28. The van der Waals surface area contributed by atoms with Crippen LogP contribution in [0.4, 0.5) is 0 Å². The highest BCUT2D eigenvalue weighted by atomic mass is 32.1. The quantitative estimate of drug-likeness (QED) is 0.631. The van der Waals surface area contributed by atoms with Crippen LogP contribution < -0.4 is 0 Å². The zero-order chi connectivity index (χ0) is 9.30. The lowest BCUT2D eigenvalue weighted by molar-refractivity contribution is 1.26. The third kappa shape index (κ3) is 1.70. The highest BCUT2D eigenvalue weighted by molar-refractivity contribution is 7.90. The molecule has 0 aliphatic rings. The van der Waals surface area contributed by atoms with Crippen LogP contribution in [0.5, 0.6) is 0 Å². The molecule has 2 heteroatoms. The van der Waals surface area contributed by atoms with Crippen LogP contribution in [0.3, 0.4) is 0 Å². The monoisotopic (exact) mass is 196 g/mol. The number of hydrogen-bond donors (Lipinski definition) is 2. The van der Waals surface area contributed by atoms with E-state index < -0.39 is 0 Å². The van der Waals surface area contributed by atoms with Crippen LogP contribution in [-0.4, -0.2) is 0 Å². The summed E-state index contributed by atoms with van der Waals surface area (Å²) in [6.45, 7) is 7.94. The molecule has 0 radical (unpaired) electrons. The van der Waals surface area contributed by atoms with Crippen molar-refractivity contribution in [3.8, 4) is 0 Å². The summed E-state index contributed by atoms with van der Waals surface area (Å²) >= 11 is 8.58. The highest BCUT2D eigenvalue weighted by Gasteiger charge is 2.05. The summed E-state index contributed by atoms with van der Waals surface area (Å²) in [5, 5.41) is 0. The van der Waals surface area contributed by atoms with E-state index in [4.69, 9.17) is 0 Å². The number of hydrogen-bond acceptors (Lipinski definition) is 2. The summed E-state index contributed by atoms with van der Waals surface area (Å²) in [4.78, 5) is 1.72. The molecule has 0 spiro atoms. The second-order valence-electron chi connectivity index (χ2n) is 2.85. The van der Waals surface area contributed by atoms with Gasteiger partial charge in [0.15, 0.2) is 0 Å². The zero-order valence-electron chi connectivity index (χ0n) is 7.26. The Morgan fingerprint density at radius 2 is 1.92 bits per heavy atom. The van der Waals surface area contributed by atoms with Gasteiger partial charge in [0, 0.05) is 15.4 Å². The number of aryl methyl sites for hydroxylation is 1. The van der Waals surface area contributed by atoms with Crippen molar-refractivity contribution in [1.82, 2.24) is 0 Å². The SMILES string of the molecule is C=C(S)c1c(S)ccc(C)c1C. The predicted molar refractivity (Wildman–Crippen MR) is 61.2 cm³/mol. The first-order chi connectivity index (χ1) is 5.54. The Kier molecular flexibility index (Phi) is 2.91. The van der Waals surface area contributed by atoms with Crippen molar-refractivity contribution in [3.05, 3.63) is 35.4 Å². The molecule has 0 atom stereocenters. The molecule has 0 bridgehead atoms. The topological polar surface area (TPSA) is 0 Å². The van der Waals surface area contributed by atoms with Gasteiger partial charge in [-0.25, -0.2) is 0 Å². The predicted octanol–water partition coefficient (Wildman–Crippen LogP) is 3.49. The third-order valence-electron chi connectivity index (χ3n) is 2.00. The lowest BCUT2D eigenvalue weighted by Crippen LogP contribution is -1.89. The fraction of sp³-hybridized carbons (Fsp3) is 0.200. The molecule has 0 saturated heterocycles. The fourth-order valence-electron chi connectivity index (χ4n) is 1.17. The van der Waals surface area contributed by atoms with Crippen molar-refractivity contribution in [2.24, 2.45) is 0 Å². The molecule has 0 unspecified atom stereocenters. The Morgan fingerprint density at radius 3 is 2.33 bits per heavy atom. The van der Waals surface area contributed by atoms with Gasteiger partial charge in [-0.15, -0.1) is 25.3 Å². The van der Waals surface area contributed by atoms with Gasteiger partial charge in [0.05, 0.1) is 0 Å². The van der Waals surface area contributed by atoms with Crippen LogP contribution in [0.2, 0.25) is 0 Å². The van der Waals surface area contributed by atoms with E-state index in [-0.39, 0.29) is 0 Å². The Bertz CT molecular complexity index is 327. The Labute approximate surface area is 84.5 Å². The minimum Gasteiger partial charge on any atom is -0.143 e. The van der Waals surface area contributed by atoms with E-state index >= 15 is 0 Å². The first-order valence-electron chi connectivity index (χ1n) is 3.71. The minimum absolute atomic E-state index is 0.779. The lowest BCUT2D eigenvalue weighted by atomic mass is 10.0. The summed E-state index contributed by atoms with van der Waals surface area (Å²) in [5.74, 6) is 0. The normalized spacial score (nSPS) is 10.0. The molecule has 1 rings (SSSR count). The summed E-state index contributed by atoms with van der Waals surface area (Å²) in [5.41, 5.74) is 3.52. The molecule has 0 aromatic heterocycles. The molecule has 0 heterocycles. The van der Waals surface area contributed by atoms with Crippen molar-refractivity contribution in [2.45, 2.75) is 18.7 Å². The molecular formula is C10H12S2. The van der Waals surface area contributed by atoms with Gasteiger partial charge in [-0.3, -0.25) is 0 Å². The maximum Gasteiger partial charge on any atom is 0.0126 e. The summed E-state index contributed by atoms with van der Waals surface area (Å²) in [6.07, 6.45) is 0. The van der Waals surface area contributed by atoms with Crippen molar-refractivity contribution >= 4 is 30.2 Å². The van der Waals surface area contributed by atoms with Crippen molar-refractivity contribution in [3.63, 3.8) is 0 Å². The fourth-order valence-corrected chi connectivity index (χ4v) is 1.92. The van der Waals surface area contributed by atoms with E-state index in [0.29, 0.717) is 0 Å². The van der Waals surface area contributed by atoms with Gasteiger partial charge in [-0.1, -0.05) is 12.6 Å². The Morgan fingerprint density at radius 1 is 1.33 bits per heavy atom. The van der Waals surface area contributed by atoms with Crippen LogP contribution in [0.15, 0.2) is 23.6 Å². The smallest absolute Gasteiger partial charge is 0.0126 e. The molecule has 64 valence electrons. The number of thiol groups is 2. The van der Waals surface area contributed by atoms with Gasteiger partial charge in [-0.05, 0) is 31.0 Å². The lowest BCUT2D eigenvalue weighted by Gasteiger charge is -2.10. The summed E-state index contributed by atoms with van der Waals surface area (Å²) in [6, 6.07) is 4.03. The second kappa shape index (κ2) is 3.58. The van der Waals surface area contributed by atoms with Gasteiger partial charge >= 0.3 is 0 Å². The Balaban J connectivity index is 3.43. The van der Waals surface area contributed by atoms with Gasteiger partial charge in [0.25, 0.3) is 0 Å². The van der Waals surface area contributed by atoms with E-state index in [2.05, 4.69) is 51.8 Å². The standard InChI is InChI=1S/C10H12S2/c1-6-4-5-9(12)10(7(6)2)8(3)11/h4-5,11-12H,3H2,1-2H3. The molecule has 0 nitrogen and oxygen atoms in total. The summed E-state index contributed by atoms with van der Waals surface area (Å²) in [7, 11) is 0. The van der Waals surface area contributed by atoms with Crippen molar-refractivity contribution in [2.75, 3.05) is 0 Å². The average molecular weight is 196 g/mol. The van der Waals surface area contributed by atoms with E-state index in [9.17, 15) is 0 Å². The van der Waals surface area contributed by atoms with Crippen LogP contribution in [0.25, 0.3) is 4.91 Å². The Hall–Kier alpha value is -0.340. The molecule has 0 amide bonds. The van der Waals surface area contributed by atoms with Gasteiger partial charge in [-0.2, -0.15) is 0 Å². The van der Waals surface area contributed by atoms with Gasteiger partial charge in [0.1, 0.15) is 0 Å². The van der Waals surface area contributed by atoms with Crippen molar-refractivity contribution in [1.29, 1.82) is 0 Å². The van der Waals surface area contributed by atoms with Crippen LogP contribution in [-0.2, 0) is 0 Å². The number of rotatable bonds is 1. The maximum atomic E-state index is 4.34. The van der Waals surface area contributed by atoms with Gasteiger partial charge < -0.3 is 0 Å². The summed E-state index contributed by atoms with van der Waals surface area (Å²) < 4.78 is 0. The molecular weight excluding hydrogens is 184 g/mol. The molecule has 0 aliphatic heterocycles. The van der Waals surface area contributed by atoms with E-state index in [1.54, 1.807) is 0 Å². The molecule has 0 saturated carbocycles. The molecule has 0 aliphatic carbocycles. The number of benzene rings is 1. The maximum absolute atomic E-state index is 4.34. The van der Waals surface area contributed by atoms with E-state index in [1.807, 2.05) is 6.07 Å². The molecule has 1 aromatic rings. The molecule has 0 fully saturated rings. The van der Waals surface area contributed by atoms with E-state index in [0.717, 1.165) is 15.4 Å². The third-order valence-corrected chi connectivity index (χ3v) is 2.60. The first-order valence-corrected chi connectivity index (χ1v) is 4.61. The van der Waals surface area contributed by atoms with Crippen LogP contribution in [0, 0.1) is 13.8 Å². The largest absolute Gasteiger partial charge is 0.143 e. The van der Waals surface area contributed by atoms with Crippen LogP contribution in [0.1, 0.15) is 16.7 Å². The van der Waals surface area contributed by atoms with Gasteiger partial charge in [0.2, 0.25) is 0 Å². The zero-order valence-corrected chi connectivity index (χ0v) is 9.05. The van der Waals surface area contributed by atoms with E-state index in [1.165, 1.54) is 11.1 Å². The van der Waals surface area contributed by atoms with Crippen molar-refractivity contribution < 1.29 is 0 Å². The van der Waals surface area contributed by atoms with Crippen LogP contribution >= 0.6 is 25.3 Å². The molecule has 0 N–H and O–H groups in total. The minimum atomic E-state index is 0.779. The molecule has 12 heavy (non-hydrogen) atoms. The average Bonchev–Trinajstić information content (AvgIpc) is 1.97. The molecule has 1 aromatic carbocycles. The first kappa shape index (κ1) is 9.75.